The van der Waals surface area contributed by atoms with Crippen LogP contribution in [0.25, 0.3) is 0 Å². The van der Waals surface area contributed by atoms with Crippen LogP contribution in [-0.2, 0) is 31.7 Å². The molecule has 3 aliphatic heterocycles. The number of nitrogens with two attached hydrogens (primary N) is 2. The summed E-state index contributed by atoms with van der Waals surface area (Å²) in [6.07, 6.45) is -2.70. The molecule has 3 heterocycles. The van der Waals surface area contributed by atoms with E-state index in [0.717, 1.165) is 44.8 Å². The molecule has 2 aromatic rings. The highest BCUT2D eigenvalue weighted by Gasteiger charge is 2.38. The molecule has 2 aromatic carbocycles. The van der Waals surface area contributed by atoms with Crippen LogP contribution in [-0.4, -0.2) is 135 Å². The lowest BCUT2D eigenvalue weighted by molar-refractivity contribution is -0.598. The molecule has 5 rings (SSSR count). The maximum atomic E-state index is 14.1. The lowest BCUT2D eigenvalue weighted by Crippen LogP contribution is -2.96. The smallest absolute Gasteiger partial charge is 0.419 e. The van der Waals surface area contributed by atoms with Crippen LogP contribution in [0.5, 0.6) is 0 Å². The first kappa shape index (κ1) is 45.6. The van der Waals surface area contributed by atoms with Crippen molar-refractivity contribution in [2.45, 2.75) is 69.7 Å². The summed E-state index contributed by atoms with van der Waals surface area (Å²) in [6.45, 7) is 4.73. The number of halogens is 4. The van der Waals surface area contributed by atoms with Gasteiger partial charge < -0.3 is 34.8 Å². The summed E-state index contributed by atoms with van der Waals surface area (Å²) < 4.78 is 52.8. The van der Waals surface area contributed by atoms with E-state index in [0.29, 0.717) is 69.4 Å². The fourth-order valence-corrected chi connectivity index (χ4v) is 8.27. The fraction of sp³-hybridized carbons (Fsp3) is 0.585. The number of hydrogen-bond donors (Lipinski definition) is 4. The molecule has 4 amide bonds. The van der Waals surface area contributed by atoms with Gasteiger partial charge in [-0.25, -0.2) is 9.59 Å². The van der Waals surface area contributed by atoms with E-state index in [9.17, 15) is 32.3 Å². The van der Waals surface area contributed by atoms with Crippen molar-refractivity contribution in [1.82, 2.24) is 24.9 Å². The summed E-state index contributed by atoms with van der Waals surface area (Å²) >= 11 is 6.13. The number of benzene rings is 2. The van der Waals surface area contributed by atoms with Gasteiger partial charge in [-0.05, 0) is 82.4 Å². The summed E-state index contributed by atoms with van der Waals surface area (Å²) in [4.78, 5) is 59.7. The topological polar surface area (TPSA) is 178 Å². The minimum atomic E-state index is -4.80. The second kappa shape index (κ2) is 21.2. The number of nitrogen functional groups attached to an aromatic ring is 1. The molecule has 0 aromatic heterocycles. The first-order valence-corrected chi connectivity index (χ1v) is 20.7. The van der Waals surface area contributed by atoms with Gasteiger partial charge in [-0.2, -0.15) is 13.2 Å². The zero-order valence-corrected chi connectivity index (χ0v) is 34.5. The third-order valence-corrected chi connectivity index (χ3v) is 11.8. The number of likely N-dealkylation sites (N-methyl/N-ethyl adjacent to an activating group) is 1. The molecular weight excluding hydrogens is 793 g/mol. The highest BCUT2D eigenvalue weighted by atomic mass is 35.5. The molecule has 0 unspecified atom stereocenters. The second-order valence-corrected chi connectivity index (χ2v) is 16.4. The van der Waals surface area contributed by atoms with Crippen LogP contribution >= 0.6 is 11.6 Å². The lowest BCUT2D eigenvalue weighted by atomic mass is 9.78. The zero-order chi connectivity index (χ0) is 42.7. The molecule has 0 radical (unpaired) electrons. The van der Waals surface area contributed by atoms with E-state index in [1.165, 1.54) is 16.3 Å². The molecule has 59 heavy (non-hydrogen) atoms. The number of nitrogens with one attached hydrogen (secondary N) is 2. The van der Waals surface area contributed by atoms with E-state index in [-0.39, 0.29) is 47.9 Å². The number of quaternary nitrogens is 1. The number of ether oxygens (including phenoxy) is 2. The minimum Gasteiger partial charge on any atom is -0.464 e. The van der Waals surface area contributed by atoms with Crippen molar-refractivity contribution in [1.29, 1.82) is 5.41 Å². The number of amidine groups is 1. The number of rotatable bonds is 13. The summed E-state index contributed by atoms with van der Waals surface area (Å²) in [5.41, 5.74) is 4.52. The number of likely N-dealkylation sites (tertiary alicyclic amines) is 3. The van der Waals surface area contributed by atoms with E-state index in [1.54, 1.807) is 29.2 Å². The van der Waals surface area contributed by atoms with Crippen molar-refractivity contribution in [3.05, 3.63) is 64.2 Å². The molecular formula is C41H57ClF3N8O6+. The van der Waals surface area contributed by atoms with Crippen LogP contribution in [0.1, 0.15) is 61.6 Å². The first-order chi connectivity index (χ1) is 28.1. The highest BCUT2D eigenvalue weighted by molar-refractivity contribution is 6.33. The van der Waals surface area contributed by atoms with Crippen LogP contribution in [0.15, 0.2) is 42.5 Å². The summed E-state index contributed by atoms with van der Waals surface area (Å²) in [7, 11) is 3.85. The molecule has 324 valence electrons. The lowest BCUT2D eigenvalue weighted by Gasteiger charge is -2.41. The molecule has 1 atom stereocenters. The van der Waals surface area contributed by atoms with Gasteiger partial charge in [0.1, 0.15) is 12.4 Å². The van der Waals surface area contributed by atoms with Crippen molar-refractivity contribution < 1.29 is 47.1 Å². The number of piperidine rings is 3. The Morgan fingerprint density at radius 3 is 2.17 bits per heavy atom. The number of anilines is 1. The Labute approximate surface area is 348 Å². The average Bonchev–Trinajstić information content (AvgIpc) is 3.21. The third-order valence-electron chi connectivity index (χ3n) is 11.5. The molecule has 3 fully saturated rings. The van der Waals surface area contributed by atoms with Crippen LogP contribution < -0.4 is 16.4 Å². The minimum absolute atomic E-state index is 0.0262. The van der Waals surface area contributed by atoms with Crippen LogP contribution in [0.4, 0.5) is 28.4 Å². The summed E-state index contributed by atoms with van der Waals surface area (Å²) in [5.74, 6) is 0.128. The molecule has 6 N–H and O–H groups in total. The third kappa shape index (κ3) is 13.5. The van der Waals surface area contributed by atoms with Crippen LogP contribution in [0, 0.1) is 17.2 Å². The van der Waals surface area contributed by atoms with Crippen LogP contribution in [0.3, 0.4) is 0 Å². The first-order valence-electron chi connectivity index (χ1n) is 20.3. The van der Waals surface area contributed by atoms with E-state index in [1.807, 2.05) is 25.1 Å². The van der Waals surface area contributed by atoms with Crippen LogP contribution in [0.2, 0.25) is 5.02 Å². The van der Waals surface area contributed by atoms with Crippen molar-refractivity contribution >= 4 is 47.1 Å². The quantitative estimate of drug-likeness (QED) is 0.0996. The van der Waals surface area contributed by atoms with Gasteiger partial charge in [-0.1, -0.05) is 41.9 Å². The Balaban J connectivity index is 1.15. The number of nitrogens with zero attached hydrogens (tertiary/aromatic N) is 4. The Morgan fingerprint density at radius 1 is 0.949 bits per heavy atom. The number of urea groups is 1. The maximum absolute atomic E-state index is 14.1. The largest absolute Gasteiger partial charge is 0.464 e. The molecule has 3 aliphatic rings. The molecule has 0 saturated carbocycles. The fourth-order valence-electron chi connectivity index (χ4n) is 8.03. The van der Waals surface area contributed by atoms with E-state index in [4.69, 9.17) is 32.2 Å². The Hall–Kier alpha value is -4.45. The SMILES string of the molecule is CN(C)CCOC(=O)CCN1CCC(C2CCN(C(=O)[C@@H](Cc3cc(Cl)c(N)c(C(F)(F)F)c3)OC(=O)N3CCC([NH2+]C(=O)NC(=N)c4ccccc4)CC3)CC2)CC1. The number of alkyl halides is 3. The average molecular weight is 850 g/mol. The molecule has 14 nitrogen and oxygen atoms in total. The zero-order valence-electron chi connectivity index (χ0n) is 33.8. The molecule has 0 bridgehead atoms. The number of carbonyl (C=O) groups is 4. The number of esters is 1. The summed E-state index contributed by atoms with van der Waals surface area (Å²) in [6, 6.07) is 10.3. The molecule has 3 saturated heterocycles. The van der Waals surface area contributed by atoms with Crippen molar-refractivity contribution in [2.24, 2.45) is 11.8 Å². The van der Waals surface area contributed by atoms with E-state index >= 15 is 0 Å². The van der Waals surface area contributed by atoms with Crippen molar-refractivity contribution in [2.75, 3.05) is 78.8 Å². The molecule has 0 aliphatic carbocycles. The van der Waals surface area contributed by atoms with Gasteiger partial charge in [0, 0.05) is 64.1 Å². The number of primary amides is 1. The van der Waals surface area contributed by atoms with Gasteiger partial charge in [-0.15, -0.1) is 0 Å². The normalized spacial score (nSPS) is 18.1. The van der Waals surface area contributed by atoms with E-state index in [2.05, 4.69) is 10.2 Å². The Bertz CT molecular complexity index is 1760. The molecule has 0 spiro atoms. The number of carbonyl (C=O) groups excluding carboxylic acids is 4. The van der Waals surface area contributed by atoms with Gasteiger partial charge in [0.2, 0.25) is 0 Å². The number of amides is 4. The molecule has 18 heteroatoms. The summed E-state index contributed by atoms with van der Waals surface area (Å²) in [5, 5.41) is 11.9. The Kier molecular flexibility index (Phi) is 16.4. The van der Waals surface area contributed by atoms with Gasteiger partial charge in [0.15, 0.2) is 6.10 Å². The van der Waals surface area contributed by atoms with Gasteiger partial charge in [0.05, 0.1) is 28.7 Å². The van der Waals surface area contributed by atoms with Crippen molar-refractivity contribution in [3.63, 3.8) is 0 Å². The second-order valence-electron chi connectivity index (χ2n) is 16.0. The van der Waals surface area contributed by atoms with Gasteiger partial charge in [0.25, 0.3) is 5.91 Å². The Morgan fingerprint density at radius 2 is 1.56 bits per heavy atom. The van der Waals surface area contributed by atoms with E-state index < -0.39 is 41.6 Å². The van der Waals surface area contributed by atoms with Gasteiger partial charge >= 0.3 is 24.3 Å². The monoisotopic (exact) mass is 849 g/mol. The predicted octanol–water partition coefficient (Wildman–Crippen LogP) is 4.20. The van der Waals surface area contributed by atoms with Crippen molar-refractivity contribution in [3.8, 4) is 0 Å². The highest BCUT2D eigenvalue weighted by Crippen LogP contribution is 2.38. The predicted molar refractivity (Wildman–Crippen MR) is 216 cm³/mol. The maximum Gasteiger partial charge on any atom is 0.419 e. The number of hydrogen-bond acceptors (Lipinski definition) is 10. The van der Waals surface area contributed by atoms with Gasteiger partial charge in [-0.3, -0.25) is 25.6 Å². The standard InChI is InChI=1S/C41H56ClF3N8O6/c1-50(2)22-23-58-35(54)14-17-51-15-8-28(9-16-51)29-10-18-52(19-11-29)38(55)34(26-27-24-32(41(43,44)45)36(46)33(42)25-27)59-40(57)53-20-12-31(13-21-53)48-39(56)49-37(47)30-6-4-3-5-7-30/h3-7,24-25,28-29,31,34H,8-23,26,46H2,1-2H3,(H3,47,48,49,56)/p+1/t34-/m1/s1.